The Kier molecular flexibility index (Phi) is 4.49. The molecule has 1 amide bonds. The van der Waals surface area contributed by atoms with Crippen LogP contribution in [0.25, 0.3) is 0 Å². The quantitative estimate of drug-likeness (QED) is 0.554. The molecule has 26 heavy (non-hydrogen) atoms. The molecule has 0 saturated carbocycles. The number of amides is 1. The zero-order valence-electron chi connectivity index (χ0n) is 13.7. The Morgan fingerprint density at radius 1 is 0.808 bits per heavy atom. The first-order valence-electron chi connectivity index (χ1n) is 8.12. The minimum Gasteiger partial charge on any atom is -0.302 e. The first-order valence-corrected chi connectivity index (χ1v) is 8.87. The van der Waals surface area contributed by atoms with Crippen molar-refractivity contribution in [3.63, 3.8) is 0 Å². The van der Waals surface area contributed by atoms with Crippen molar-refractivity contribution in [2.24, 2.45) is 4.99 Å². The Morgan fingerprint density at radius 2 is 1.42 bits per heavy atom. The molecular formula is C21H14Cl2N2O. The van der Waals surface area contributed by atoms with Crippen molar-refractivity contribution in [1.82, 2.24) is 0 Å². The zero-order valence-corrected chi connectivity index (χ0v) is 15.2. The van der Waals surface area contributed by atoms with E-state index < -0.39 is 0 Å². The van der Waals surface area contributed by atoms with Crippen LogP contribution in [0, 0.1) is 0 Å². The highest BCUT2D eigenvalue weighted by atomic mass is 35.5. The first kappa shape index (κ1) is 16.8. The number of fused-ring (bicyclic) bond motifs is 1. The molecule has 1 aliphatic heterocycles. The van der Waals surface area contributed by atoms with E-state index in [-0.39, 0.29) is 5.91 Å². The molecule has 1 heterocycles. The number of hydrogen-bond donors (Lipinski definition) is 0. The highest BCUT2D eigenvalue weighted by Gasteiger charge is 2.25. The van der Waals surface area contributed by atoms with E-state index >= 15 is 0 Å². The van der Waals surface area contributed by atoms with E-state index in [9.17, 15) is 4.79 Å². The van der Waals surface area contributed by atoms with Gasteiger partial charge < -0.3 is 4.90 Å². The number of benzene rings is 3. The van der Waals surface area contributed by atoms with Gasteiger partial charge >= 0.3 is 0 Å². The van der Waals surface area contributed by atoms with Crippen molar-refractivity contribution in [1.29, 1.82) is 0 Å². The van der Waals surface area contributed by atoms with Crippen LogP contribution in [0.5, 0.6) is 0 Å². The molecule has 1 aliphatic rings. The van der Waals surface area contributed by atoms with Gasteiger partial charge in [-0.15, -0.1) is 0 Å². The summed E-state index contributed by atoms with van der Waals surface area (Å²) in [5, 5.41) is 1.29. The van der Waals surface area contributed by atoms with Crippen LogP contribution in [0.3, 0.4) is 0 Å². The van der Waals surface area contributed by atoms with E-state index in [0.29, 0.717) is 27.8 Å². The number of rotatable bonds is 2. The van der Waals surface area contributed by atoms with Gasteiger partial charge in [0.25, 0.3) is 5.91 Å². The summed E-state index contributed by atoms with van der Waals surface area (Å²) in [5.74, 6) is -0.0874. The number of aliphatic imine (C=N–C) groups is 1. The number of carbonyl (C=O) groups is 1. The molecule has 0 N–H and O–H groups in total. The van der Waals surface area contributed by atoms with E-state index in [2.05, 4.69) is 0 Å². The van der Waals surface area contributed by atoms with E-state index in [1.807, 2.05) is 54.6 Å². The third kappa shape index (κ3) is 3.24. The lowest BCUT2D eigenvalue weighted by molar-refractivity contribution is 0.0992. The van der Waals surface area contributed by atoms with Gasteiger partial charge in [0.05, 0.1) is 23.5 Å². The number of para-hydroxylation sites is 1. The molecule has 0 radical (unpaired) electrons. The molecular weight excluding hydrogens is 367 g/mol. The molecule has 4 rings (SSSR count). The summed E-state index contributed by atoms with van der Waals surface area (Å²) in [6, 6.07) is 22.1. The SMILES string of the molecule is O=C1c2ccccc2N=C(c2ccc(Cl)cc2)CN1c1ccc(Cl)cc1. The highest BCUT2D eigenvalue weighted by molar-refractivity contribution is 6.31. The average Bonchev–Trinajstić information content (AvgIpc) is 2.80. The maximum atomic E-state index is 13.2. The second-order valence-electron chi connectivity index (χ2n) is 5.95. The lowest BCUT2D eigenvalue weighted by atomic mass is 10.1. The fraction of sp³-hybridized carbons (Fsp3) is 0.0476. The second-order valence-corrected chi connectivity index (χ2v) is 6.82. The van der Waals surface area contributed by atoms with Crippen LogP contribution in [0.15, 0.2) is 77.8 Å². The maximum Gasteiger partial charge on any atom is 0.260 e. The third-order valence-electron chi connectivity index (χ3n) is 4.26. The fourth-order valence-corrected chi connectivity index (χ4v) is 3.18. The summed E-state index contributed by atoms with van der Waals surface area (Å²) < 4.78 is 0. The third-order valence-corrected chi connectivity index (χ3v) is 4.76. The van der Waals surface area contributed by atoms with Crippen molar-refractivity contribution in [2.45, 2.75) is 0 Å². The van der Waals surface area contributed by atoms with Crippen LogP contribution in [-0.4, -0.2) is 18.2 Å². The number of halogens is 2. The van der Waals surface area contributed by atoms with E-state index in [1.54, 1.807) is 23.1 Å². The Morgan fingerprint density at radius 3 is 2.12 bits per heavy atom. The van der Waals surface area contributed by atoms with Gasteiger partial charge in [-0.2, -0.15) is 0 Å². The van der Waals surface area contributed by atoms with Crippen LogP contribution >= 0.6 is 23.2 Å². The summed E-state index contributed by atoms with van der Waals surface area (Å²) in [6.45, 7) is 0.358. The van der Waals surface area contributed by atoms with Gasteiger partial charge in [0.15, 0.2) is 0 Å². The summed E-state index contributed by atoms with van der Waals surface area (Å²) in [7, 11) is 0. The van der Waals surface area contributed by atoms with Gasteiger partial charge in [0.2, 0.25) is 0 Å². The average molecular weight is 381 g/mol. The van der Waals surface area contributed by atoms with Gasteiger partial charge in [0.1, 0.15) is 0 Å². The summed E-state index contributed by atoms with van der Waals surface area (Å²) in [6.07, 6.45) is 0. The van der Waals surface area contributed by atoms with E-state index in [1.165, 1.54) is 0 Å². The summed E-state index contributed by atoms with van der Waals surface area (Å²) >= 11 is 12.0. The molecule has 0 saturated heterocycles. The van der Waals surface area contributed by atoms with Gasteiger partial charge in [-0.05, 0) is 54.1 Å². The molecule has 0 aliphatic carbocycles. The van der Waals surface area contributed by atoms with Gasteiger partial charge in [-0.25, -0.2) is 0 Å². The monoisotopic (exact) mass is 380 g/mol. The van der Waals surface area contributed by atoms with Crippen molar-refractivity contribution in [3.8, 4) is 0 Å². The van der Waals surface area contributed by atoms with Crippen LogP contribution in [0.4, 0.5) is 11.4 Å². The molecule has 0 atom stereocenters. The number of hydrogen-bond acceptors (Lipinski definition) is 2. The highest BCUT2D eigenvalue weighted by Crippen LogP contribution is 2.29. The van der Waals surface area contributed by atoms with Crippen molar-refractivity contribution in [2.75, 3.05) is 11.4 Å². The maximum absolute atomic E-state index is 13.2. The number of nitrogens with zero attached hydrogens (tertiary/aromatic N) is 2. The van der Waals surface area contributed by atoms with E-state index in [4.69, 9.17) is 28.2 Å². The standard InChI is InChI=1S/C21H14Cl2N2O/c22-15-7-5-14(6-8-15)20-13-25(17-11-9-16(23)10-12-17)21(26)18-3-1-2-4-19(18)24-20/h1-12H,13H2. The van der Waals surface area contributed by atoms with Crippen LogP contribution < -0.4 is 4.90 Å². The Bertz CT molecular complexity index is 995. The molecule has 3 aromatic rings. The molecule has 0 aromatic heterocycles. The normalized spacial score (nSPS) is 13.8. The first-order chi connectivity index (χ1) is 12.6. The van der Waals surface area contributed by atoms with Crippen molar-refractivity contribution >= 4 is 46.2 Å². The molecule has 0 bridgehead atoms. The van der Waals surface area contributed by atoms with Crippen molar-refractivity contribution < 1.29 is 4.79 Å². The molecule has 128 valence electrons. The summed E-state index contributed by atoms with van der Waals surface area (Å²) in [5.41, 5.74) is 3.75. The zero-order chi connectivity index (χ0) is 18.1. The van der Waals surface area contributed by atoms with Gasteiger partial charge in [-0.1, -0.05) is 47.5 Å². The predicted molar refractivity (Wildman–Crippen MR) is 107 cm³/mol. The molecule has 0 unspecified atom stereocenters. The molecule has 3 nitrogen and oxygen atoms in total. The van der Waals surface area contributed by atoms with Crippen LogP contribution in [-0.2, 0) is 0 Å². The second kappa shape index (κ2) is 6.94. The van der Waals surface area contributed by atoms with Crippen LogP contribution in [0.2, 0.25) is 10.0 Å². The lowest BCUT2D eigenvalue weighted by Gasteiger charge is -2.22. The lowest BCUT2D eigenvalue weighted by Crippen LogP contribution is -2.34. The molecule has 5 heteroatoms. The fourth-order valence-electron chi connectivity index (χ4n) is 2.93. The number of anilines is 1. The van der Waals surface area contributed by atoms with Gasteiger partial charge in [0, 0.05) is 15.7 Å². The number of carbonyl (C=O) groups excluding carboxylic acids is 1. The minimum atomic E-state index is -0.0874. The Labute approximate surface area is 161 Å². The van der Waals surface area contributed by atoms with Crippen molar-refractivity contribution in [3.05, 3.63) is 94.0 Å². The molecule has 0 spiro atoms. The van der Waals surface area contributed by atoms with Crippen LogP contribution in [0.1, 0.15) is 15.9 Å². The largest absolute Gasteiger partial charge is 0.302 e. The molecule has 0 fully saturated rings. The topological polar surface area (TPSA) is 32.7 Å². The summed E-state index contributed by atoms with van der Waals surface area (Å²) in [4.78, 5) is 19.6. The predicted octanol–water partition coefficient (Wildman–Crippen LogP) is 5.77. The Balaban J connectivity index is 1.84. The Hall–Kier alpha value is -2.62. The smallest absolute Gasteiger partial charge is 0.260 e. The van der Waals surface area contributed by atoms with Gasteiger partial charge in [-0.3, -0.25) is 9.79 Å². The molecule has 3 aromatic carbocycles. The van der Waals surface area contributed by atoms with E-state index in [0.717, 1.165) is 17.0 Å². The minimum absolute atomic E-state index is 0.0874.